The van der Waals surface area contributed by atoms with Crippen molar-refractivity contribution < 1.29 is 4.79 Å². The number of nitrogens with zero attached hydrogens (tertiary/aromatic N) is 2. The van der Waals surface area contributed by atoms with Gasteiger partial charge in [0.05, 0.1) is 5.69 Å². The topological polar surface area (TPSA) is 87.7 Å². The number of aromatic amines is 1. The molecule has 28 heavy (non-hydrogen) atoms. The highest BCUT2D eigenvalue weighted by molar-refractivity contribution is 7.14. The standard InChI is InChI=1S/C21H24N4O2S/c1-11-8-12(2)19(13(3)9-11)17-10-28-21(24-17)25-18(26)7-6-16-14(4)22-15(5)23-20(16)27/h8-10H,6-7H2,1-5H3,(H,22,23,27)(H,24,25,26). The van der Waals surface area contributed by atoms with Gasteiger partial charge in [-0.05, 0) is 52.2 Å². The minimum atomic E-state index is -0.181. The second-order valence-electron chi connectivity index (χ2n) is 7.08. The van der Waals surface area contributed by atoms with E-state index in [0.717, 1.165) is 11.3 Å². The highest BCUT2D eigenvalue weighted by Crippen LogP contribution is 2.31. The van der Waals surface area contributed by atoms with Gasteiger partial charge < -0.3 is 10.3 Å². The van der Waals surface area contributed by atoms with E-state index in [-0.39, 0.29) is 17.9 Å². The van der Waals surface area contributed by atoms with Crippen LogP contribution in [-0.2, 0) is 11.2 Å². The average Bonchev–Trinajstić information content (AvgIpc) is 3.00. The molecule has 0 aliphatic rings. The fourth-order valence-corrected chi connectivity index (χ4v) is 4.21. The van der Waals surface area contributed by atoms with E-state index in [2.05, 4.69) is 53.2 Å². The molecule has 0 aliphatic heterocycles. The lowest BCUT2D eigenvalue weighted by molar-refractivity contribution is -0.116. The number of thiazole rings is 1. The lowest BCUT2D eigenvalue weighted by Gasteiger charge is -2.08. The minimum absolute atomic E-state index is 0.169. The van der Waals surface area contributed by atoms with Crippen molar-refractivity contribution >= 4 is 22.4 Å². The van der Waals surface area contributed by atoms with Gasteiger partial charge >= 0.3 is 0 Å². The minimum Gasteiger partial charge on any atom is -0.311 e. The van der Waals surface area contributed by atoms with Crippen molar-refractivity contribution in [2.45, 2.75) is 47.5 Å². The SMILES string of the molecule is Cc1cc(C)c(-c2csc(NC(=O)CCc3c(C)nc(C)[nH]c3=O)n2)c(C)c1. The van der Waals surface area contributed by atoms with E-state index in [1.165, 1.54) is 28.0 Å². The maximum absolute atomic E-state index is 12.3. The molecule has 0 saturated heterocycles. The van der Waals surface area contributed by atoms with Crippen LogP contribution in [0.5, 0.6) is 0 Å². The summed E-state index contributed by atoms with van der Waals surface area (Å²) >= 11 is 1.40. The van der Waals surface area contributed by atoms with Gasteiger partial charge in [-0.3, -0.25) is 9.59 Å². The third-order valence-corrected chi connectivity index (χ3v) is 5.38. The number of hydrogen-bond donors (Lipinski definition) is 2. The molecule has 2 heterocycles. The molecule has 0 bridgehead atoms. The Bertz CT molecular complexity index is 1080. The summed E-state index contributed by atoms with van der Waals surface area (Å²) in [5, 5.41) is 5.36. The van der Waals surface area contributed by atoms with Crippen LogP contribution in [0.25, 0.3) is 11.3 Å². The number of rotatable bonds is 5. The first-order valence-corrected chi connectivity index (χ1v) is 10.0. The predicted octanol–water partition coefficient (Wildman–Crippen LogP) is 4.01. The van der Waals surface area contributed by atoms with Crippen LogP contribution in [0, 0.1) is 34.6 Å². The van der Waals surface area contributed by atoms with E-state index >= 15 is 0 Å². The maximum Gasteiger partial charge on any atom is 0.254 e. The van der Waals surface area contributed by atoms with Crippen molar-refractivity contribution in [1.29, 1.82) is 0 Å². The summed E-state index contributed by atoms with van der Waals surface area (Å²) in [5.41, 5.74) is 6.56. The van der Waals surface area contributed by atoms with Crippen LogP contribution in [0.2, 0.25) is 0 Å². The average molecular weight is 397 g/mol. The number of benzene rings is 1. The van der Waals surface area contributed by atoms with E-state index in [0.29, 0.717) is 28.6 Å². The fraction of sp³-hybridized carbons (Fsp3) is 0.333. The molecular weight excluding hydrogens is 372 g/mol. The smallest absolute Gasteiger partial charge is 0.254 e. The number of aryl methyl sites for hydroxylation is 5. The number of H-pyrrole nitrogens is 1. The Morgan fingerprint density at radius 3 is 2.43 bits per heavy atom. The first-order chi connectivity index (χ1) is 13.2. The van der Waals surface area contributed by atoms with Gasteiger partial charge in [-0.1, -0.05) is 17.7 Å². The Labute approximate surface area is 168 Å². The van der Waals surface area contributed by atoms with Crippen molar-refractivity contribution in [2.24, 2.45) is 0 Å². The molecule has 0 fully saturated rings. The van der Waals surface area contributed by atoms with Crippen LogP contribution < -0.4 is 10.9 Å². The van der Waals surface area contributed by atoms with Gasteiger partial charge in [-0.2, -0.15) is 0 Å². The summed E-state index contributed by atoms with van der Waals surface area (Å²) in [6.07, 6.45) is 0.543. The first-order valence-electron chi connectivity index (χ1n) is 9.14. The molecule has 3 aromatic rings. The third-order valence-electron chi connectivity index (χ3n) is 4.63. The Balaban J connectivity index is 1.69. The zero-order valence-corrected chi connectivity index (χ0v) is 17.6. The number of anilines is 1. The quantitative estimate of drug-likeness (QED) is 0.682. The van der Waals surface area contributed by atoms with Crippen molar-refractivity contribution in [3.8, 4) is 11.3 Å². The molecule has 6 nitrogen and oxygen atoms in total. The second-order valence-corrected chi connectivity index (χ2v) is 7.93. The molecule has 0 unspecified atom stereocenters. The summed E-state index contributed by atoms with van der Waals surface area (Å²) in [7, 11) is 0. The van der Waals surface area contributed by atoms with Crippen LogP contribution in [0.3, 0.4) is 0 Å². The van der Waals surface area contributed by atoms with E-state index in [1.54, 1.807) is 13.8 Å². The van der Waals surface area contributed by atoms with Gasteiger partial charge in [0, 0.05) is 28.6 Å². The number of amides is 1. The van der Waals surface area contributed by atoms with Gasteiger partial charge in [-0.25, -0.2) is 9.97 Å². The maximum atomic E-state index is 12.3. The molecule has 1 amide bonds. The Hall–Kier alpha value is -2.80. The molecular formula is C21H24N4O2S. The molecule has 2 N–H and O–H groups in total. The number of aromatic nitrogens is 3. The first kappa shape index (κ1) is 19.9. The van der Waals surface area contributed by atoms with Gasteiger partial charge in [0.2, 0.25) is 5.91 Å². The molecule has 2 aromatic heterocycles. The van der Waals surface area contributed by atoms with Crippen molar-refractivity contribution in [1.82, 2.24) is 15.0 Å². The van der Waals surface area contributed by atoms with Gasteiger partial charge in [0.25, 0.3) is 5.56 Å². The van der Waals surface area contributed by atoms with Crippen molar-refractivity contribution in [3.05, 3.63) is 61.6 Å². The van der Waals surface area contributed by atoms with Crippen LogP contribution in [0.1, 0.15) is 40.2 Å². The monoisotopic (exact) mass is 396 g/mol. The number of carbonyl (C=O) groups excluding carboxylic acids is 1. The number of carbonyl (C=O) groups is 1. The molecule has 0 saturated carbocycles. The molecule has 146 valence electrons. The summed E-state index contributed by atoms with van der Waals surface area (Å²) in [4.78, 5) is 35.9. The van der Waals surface area contributed by atoms with E-state index in [1.807, 2.05) is 5.38 Å². The molecule has 7 heteroatoms. The number of hydrogen-bond acceptors (Lipinski definition) is 5. The van der Waals surface area contributed by atoms with Crippen LogP contribution in [-0.4, -0.2) is 20.9 Å². The van der Waals surface area contributed by atoms with Crippen LogP contribution in [0.4, 0.5) is 5.13 Å². The van der Waals surface area contributed by atoms with Gasteiger partial charge in [0.1, 0.15) is 5.82 Å². The van der Waals surface area contributed by atoms with Crippen molar-refractivity contribution in [3.63, 3.8) is 0 Å². The lowest BCUT2D eigenvalue weighted by Crippen LogP contribution is -2.20. The lowest BCUT2D eigenvalue weighted by atomic mass is 9.98. The highest BCUT2D eigenvalue weighted by Gasteiger charge is 2.14. The van der Waals surface area contributed by atoms with Crippen molar-refractivity contribution in [2.75, 3.05) is 5.32 Å². The number of nitrogens with one attached hydrogen (secondary N) is 2. The van der Waals surface area contributed by atoms with E-state index in [9.17, 15) is 9.59 Å². The summed E-state index contributed by atoms with van der Waals surface area (Å²) in [5.74, 6) is 0.408. The van der Waals surface area contributed by atoms with E-state index < -0.39 is 0 Å². The second kappa shape index (κ2) is 8.06. The zero-order chi connectivity index (χ0) is 20.4. The normalized spacial score (nSPS) is 10.9. The summed E-state index contributed by atoms with van der Waals surface area (Å²) in [6, 6.07) is 4.27. The van der Waals surface area contributed by atoms with Gasteiger partial charge in [-0.15, -0.1) is 11.3 Å². The van der Waals surface area contributed by atoms with Gasteiger partial charge in [0.15, 0.2) is 5.13 Å². The fourth-order valence-electron chi connectivity index (χ4n) is 3.50. The molecule has 0 atom stereocenters. The Morgan fingerprint density at radius 2 is 1.79 bits per heavy atom. The molecule has 0 spiro atoms. The van der Waals surface area contributed by atoms with Crippen LogP contribution >= 0.6 is 11.3 Å². The molecule has 3 rings (SSSR count). The van der Waals surface area contributed by atoms with Crippen LogP contribution in [0.15, 0.2) is 22.3 Å². The zero-order valence-electron chi connectivity index (χ0n) is 16.8. The molecule has 0 radical (unpaired) electrons. The molecule has 0 aliphatic carbocycles. The highest BCUT2D eigenvalue weighted by atomic mass is 32.1. The van der Waals surface area contributed by atoms with E-state index in [4.69, 9.17) is 0 Å². The largest absolute Gasteiger partial charge is 0.311 e. The Morgan fingerprint density at radius 1 is 1.11 bits per heavy atom. The summed E-state index contributed by atoms with van der Waals surface area (Å²) < 4.78 is 0. The summed E-state index contributed by atoms with van der Waals surface area (Å²) in [6.45, 7) is 9.74. The predicted molar refractivity (Wildman–Crippen MR) is 113 cm³/mol. The third kappa shape index (κ3) is 4.36. The Kier molecular flexibility index (Phi) is 5.74. The molecule has 1 aromatic carbocycles.